The van der Waals surface area contributed by atoms with Crippen molar-refractivity contribution in [1.82, 2.24) is 5.32 Å². The van der Waals surface area contributed by atoms with Crippen molar-refractivity contribution in [2.24, 2.45) is 0 Å². The van der Waals surface area contributed by atoms with Crippen molar-refractivity contribution < 1.29 is 9.21 Å². The first-order chi connectivity index (χ1) is 11.3. The zero-order valence-corrected chi connectivity index (χ0v) is 13.4. The average molecular weight is 323 g/mol. The second-order valence-corrected chi connectivity index (χ2v) is 6.05. The van der Waals surface area contributed by atoms with Crippen LogP contribution in [0.3, 0.4) is 0 Å². The highest BCUT2D eigenvalue weighted by Crippen LogP contribution is 2.26. The summed E-state index contributed by atoms with van der Waals surface area (Å²) in [6, 6.07) is 21.6. The molecule has 0 spiro atoms. The molecule has 1 N–H and O–H groups in total. The van der Waals surface area contributed by atoms with Gasteiger partial charge in [0.05, 0.1) is 18.4 Å². The van der Waals surface area contributed by atoms with Crippen LogP contribution < -0.4 is 5.32 Å². The van der Waals surface area contributed by atoms with Crippen LogP contribution in [0, 0.1) is 0 Å². The van der Waals surface area contributed by atoms with Crippen LogP contribution >= 0.6 is 11.8 Å². The molecule has 0 saturated heterocycles. The Morgan fingerprint density at radius 2 is 1.74 bits per heavy atom. The molecule has 2 aromatic carbocycles. The number of benzene rings is 2. The molecule has 0 radical (unpaired) electrons. The molecule has 0 aliphatic heterocycles. The van der Waals surface area contributed by atoms with Gasteiger partial charge in [-0.3, -0.25) is 4.79 Å². The highest BCUT2D eigenvalue weighted by atomic mass is 32.2. The average Bonchev–Trinajstić information content (AvgIpc) is 3.12. The Morgan fingerprint density at radius 1 is 0.957 bits per heavy atom. The standard InChI is InChI=1S/C19H17NO2S/c21-19(20-13-16-9-6-12-22-16)17-10-4-5-11-18(17)23-14-15-7-2-1-3-8-15/h1-12H,13-14H2,(H,20,21). The minimum absolute atomic E-state index is 0.0856. The normalized spacial score (nSPS) is 10.4. The number of hydrogen-bond donors (Lipinski definition) is 1. The molecular formula is C19H17NO2S. The molecule has 3 aromatic rings. The van der Waals surface area contributed by atoms with Crippen LogP contribution in [-0.4, -0.2) is 5.91 Å². The monoisotopic (exact) mass is 323 g/mol. The summed E-state index contributed by atoms with van der Waals surface area (Å²) >= 11 is 1.67. The van der Waals surface area contributed by atoms with E-state index in [0.717, 1.165) is 16.4 Å². The fourth-order valence-corrected chi connectivity index (χ4v) is 3.20. The molecule has 23 heavy (non-hydrogen) atoms. The van der Waals surface area contributed by atoms with Crippen molar-refractivity contribution in [3.63, 3.8) is 0 Å². The maximum Gasteiger partial charge on any atom is 0.252 e. The van der Waals surface area contributed by atoms with Crippen LogP contribution in [-0.2, 0) is 12.3 Å². The maximum absolute atomic E-state index is 12.4. The molecular weight excluding hydrogens is 306 g/mol. The first kappa shape index (κ1) is 15.4. The van der Waals surface area contributed by atoms with E-state index in [4.69, 9.17) is 4.42 Å². The van der Waals surface area contributed by atoms with E-state index in [2.05, 4.69) is 17.4 Å². The van der Waals surface area contributed by atoms with Crippen molar-refractivity contribution in [1.29, 1.82) is 0 Å². The van der Waals surface area contributed by atoms with Crippen LogP contribution in [0.4, 0.5) is 0 Å². The largest absolute Gasteiger partial charge is 0.467 e. The fourth-order valence-electron chi connectivity index (χ4n) is 2.19. The lowest BCUT2D eigenvalue weighted by Gasteiger charge is -2.09. The van der Waals surface area contributed by atoms with Crippen LogP contribution in [0.5, 0.6) is 0 Å². The van der Waals surface area contributed by atoms with Gasteiger partial charge in [0.2, 0.25) is 0 Å². The van der Waals surface area contributed by atoms with Gasteiger partial charge in [0.25, 0.3) is 5.91 Å². The molecule has 3 rings (SSSR count). The first-order valence-corrected chi connectivity index (χ1v) is 8.38. The Balaban J connectivity index is 1.66. The van der Waals surface area contributed by atoms with Crippen molar-refractivity contribution in [3.8, 4) is 0 Å². The summed E-state index contributed by atoms with van der Waals surface area (Å²) in [5, 5.41) is 2.89. The van der Waals surface area contributed by atoms with Gasteiger partial charge in [-0.2, -0.15) is 0 Å². The van der Waals surface area contributed by atoms with Crippen molar-refractivity contribution in [3.05, 3.63) is 89.9 Å². The van der Waals surface area contributed by atoms with Gasteiger partial charge in [-0.1, -0.05) is 42.5 Å². The van der Waals surface area contributed by atoms with Gasteiger partial charge in [-0.05, 0) is 29.8 Å². The summed E-state index contributed by atoms with van der Waals surface area (Å²) in [4.78, 5) is 13.4. The molecule has 3 nitrogen and oxygen atoms in total. The van der Waals surface area contributed by atoms with E-state index >= 15 is 0 Å². The smallest absolute Gasteiger partial charge is 0.252 e. The van der Waals surface area contributed by atoms with E-state index < -0.39 is 0 Å². The second kappa shape index (κ2) is 7.70. The van der Waals surface area contributed by atoms with Crippen LogP contribution in [0.15, 0.2) is 82.3 Å². The van der Waals surface area contributed by atoms with E-state index in [9.17, 15) is 4.79 Å². The van der Waals surface area contributed by atoms with E-state index in [1.165, 1.54) is 5.56 Å². The van der Waals surface area contributed by atoms with E-state index in [-0.39, 0.29) is 5.91 Å². The van der Waals surface area contributed by atoms with Crippen LogP contribution in [0.25, 0.3) is 0 Å². The highest BCUT2D eigenvalue weighted by Gasteiger charge is 2.11. The number of rotatable bonds is 6. The number of amides is 1. The lowest BCUT2D eigenvalue weighted by molar-refractivity contribution is 0.0945. The zero-order valence-electron chi connectivity index (χ0n) is 12.6. The molecule has 0 saturated carbocycles. The molecule has 0 aliphatic rings. The Kier molecular flexibility index (Phi) is 5.17. The predicted molar refractivity (Wildman–Crippen MR) is 92.3 cm³/mol. The van der Waals surface area contributed by atoms with Crippen molar-refractivity contribution in [2.45, 2.75) is 17.2 Å². The minimum Gasteiger partial charge on any atom is -0.467 e. The third-order valence-electron chi connectivity index (χ3n) is 3.37. The molecule has 0 bridgehead atoms. The van der Waals surface area contributed by atoms with Gasteiger partial charge in [0.1, 0.15) is 5.76 Å². The molecule has 0 aliphatic carbocycles. The number of furan rings is 1. The van der Waals surface area contributed by atoms with Crippen molar-refractivity contribution >= 4 is 17.7 Å². The summed E-state index contributed by atoms with van der Waals surface area (Å²) in [5.74, 6) is 1.49. The number of thioether (sulfide) groups is 1. The molecule has 1 heterocycles. The Bertz CT molecular complexity index is 754. The number of nitrogens with one attached hydrogen (secondary N) is 1. The van der Waals surface area contributed by atoms with Crippen molar-refractivity contribution in [2.75, 3.05) is 0 Å². The van der Waals surface area contributed by atoms with Gasteiger partial charge in [0, 0.05) is 10.6 Å². The summed E-state index contributed by atoms with van der Waals surface area (Å²) in [7, 11) is 0. The summed E-state index contributed by atoms with van der Waals surface area (Å²) in [6.45, 7) is 0.392. The SMILES string of the molecule is O=C(NCc1ccco1)c1ccccc1SCc1ccccc1. The fraction of sp³-hybridized carbons (Fsp3) is 0.105. The topological polar surface area (TPSA) is 42.2 Å². The maximum atomic E-state index is 12.4. The quantitative estimate of drug-likeness (QED) is 0.679. The van der Waals surface area contributed by atoms with Gasteiger partial charge in [-0.25, -0.2) is 0 Å². The molecule has 4 heteroatoms. The Hall–Kier alpha value is -2.46. The Labute approximate surface area is 139 Å². The first-order valence-electron chi connectivity index (χ1n) is 7.39. The third-order valence-corrected chi connectivity index (χ3v) is 4.52. The van der Waals surface area contributed by atoms with Crippen LogP contribution in [0.1, 0.15) is 21.7 Å². The number of carbonyl (C=O) groups is 1. The van der Waals surface area contributed by atoms with Gasteiger partial charge >= 0.3 is 0 Å². The molecule has 0 fully saturated rings. The number of carbonyl (C=O) groups excluding carboxylic acids is 1. The lowest BCUT2D eigenvalue weighted by Crippen LogP contribution is -2.23. The molecule has 1 aromatic heterocycles. The molecule has 1 amide bonds. The third kappa shape index (κ3) is 4.27. The molecule has 116 valence electrons. The van der Waals surface area contributed by atoms with Gasteiger partial charge in [-0.15, -0.1) is 11.8 Å². The molecule has 0 unspecified atom stereocenters. The van der Waals surface area contributed by atoms with E-state index in [0.29, 0.717) is 12.1 Å². The Morgan fingerprint density at radius 3 is 2.52 bits per heavy atom. The highest BCUT2D eigenvalue weighted by molar-refractivity contribution is 7.98. The number of hydrogen-bond acceptors (Lipinski definition) is 3. The zero-order chi connectivity index (χ0) is 15.9. The van der Waals surface area contributed by atoms with E-state index in [1.807, 2.05) is 54.6 Å². The minimum atomic E-state index is -0.0856. The summed E-state index contributed by atoms with van der Waals surface area (Å²) in [6.07, 6.45) is 1.60. The van der Waals surface area contributed by atoms with Crippen LogP contribution in [0.2, 0.25) is 0 Å². The van der Waals surface area contributed by atoms with Gasteiger partial charge in [0.15, 0.2) is 0 Å². The summed E-state index contributed by atoms with van der Waals surface area (Å²) in [5.41, 5.74) is 1.93. The second-order valence-electron chi connectivity index (χ2n) is 5.03. The molecule has 0 atom stereocenters. The van der Waals surface area contributed by atoms with Gasteiger partial charge < -0.3 is 9.73 Å². The van der Waals surface area contributed by atoms with E-state index in [1.54, 1.807) is 18.0 Å². The lowest BCUT2D eigenvalue weighted by atomic mass is 10.2. The predicted octanol–water partition coefficient (Wildman–Crippen LogP) is 4.50. The summed E-state index contributed by atoms with van der Waals surface area (Å²) < 4.78 is 5.24.